The molecular formula is C16H25N3. The van der Waals surface area contributed by atoms with Crippen LogP contribution < -0.4 is 10.6 Å². The summed E-state index contributed by atoms with van der Waals surface area (Å²) in [5.41, 5.74) is 7.96. The SMILES string of the molecule is CC.CCN(c1ccccc1N)C1C=CC=CN1C. The van der Waals surface area contributed by atoms with Crippen LogP contribution >= 0.6 is 0 Å². The molecule has 3 nitrogen and oxygen atoms in total. The highest BCUT2D eigenvalue weighted by Gasteiger charge is 2.20. The molecule has 104 valence electrons. The van der Waals surface area contributed by atoms with Crippen molar-refractivity contribution in [2.75, 3.05) is 24.2 Å². The fourth-order valence-corrected chi connectivity index (χ4v) is 2.15. The number of nitrogens with two attached hydrogens (primary N) is 1. The number of anilines is 2. The van der Waals surface area contributed by atoms with Gasteiger partial charge in [0.15, 0.2) is 0 Å². The van der Waals surface area contributed by atoms with Crippen LogP contribution in [0.1, 0.15) is 20.8 Å². The number of hydrogen-bond donors (Lipinski definition) is 1. The van der Waals surface area contributed by atoms with Gasteiger partial charge in [-0.25, -0.2) is 0 Å². The molecule has 19 heavy (non-hydrogen) atoms. The topological polar surface area (TPSA) is 32.5 Å². The summed E-state index contributed by atoms with van der Waals surface area (Å²) in [5.74, 6) is 0. The van der Waals surface area contributed by atoms with Gasteiger partial charge < -0.3 is 15.5 Å². The predicted octanol–water partition coefficient (Wildman–Crippen LogP) is 3.46. The summed E-state index contributed by atoms with van der Waals surface area (Å²) in [6, 6.07) is 8.00. The fourth-order valence-electron chi connectivity index (χ4n) is 2.15. The van der Waals surface area contributed by atoms with E-state index in [2.05, 4.69) is 48.2 Å². The van der Waals surface area contributed by atoms with Gasteiger partial charge in [0, 0.05) is 19.8 Å². The van der Waals surface area contributed by atoms with Crippen LogP contribution in [0.5, 0.6) is 0 Å². The molecule has 1 aliphatic heterocycles. The number of allylic oxidation sites excluding steroid dienone is 2. The number of para-hydroxylation sites is 2. The van der Waals surface area contributed by atoms with Crippen molar-refractivity contribution in [1.82, 2.24) is 4.90 Å². The van der Waals surface area contributed by atoms with Crippen LogP contribution in [0, 0.1) is 0 Å². The third kappa shape index (κ3) is 3.53. The van der Waals surface area contributed by atoms with Crippen molar-refractivity contribution < 1.29 is 0 Å². The van der Waals surface area contributed by atoms with Crippen molar-refractivity contribution in [3.05, 3.63) is 48.7 Å². The van der Waals surface area contributed by atoms with Gasteiger partial charge in [-0.05, 0) is 31.2 Å². The molecule has 0 fully saturated rings. The third-order valence-electron chi connectivity index (χ3n) is 3.04. The Labute approximate surface area is 117 Å². The lowest BCUT2D eigenvalue weighted by atomic mass is 10.2. The first-order chi connectivity index (χ1) is 9.24. The van der Waals surface area contributed by atoms with Crippen molar-refractivity contribution >= 4 is 11.4 Å². The van der Waals surface area contributed by atoms with Gasteiger partial charge in [0.25, 0.3) is 0 Å². The average Bonchev–Trinajstić information content (AvgIpc) is 2.46. The molecule has 1 aromatic rings. The molecule has 2 rings (SSSR count). The Morgan fingerprint density at radius 3 is 2.47 bits per heavy atom. The van der Waals surface area contributed by atoms with Gasteiger partial charge in [-0.3, -0.25) is 0 Å². The van der Waals surface area contributed by atoms with E-state index in [0.717, 1.165) is 17.9 Å². The van der Waals surface area contributed by atoms with Crippen molar-refractivity contribution in [1.29, 1.82) is 0 Å². The van der Waals surface area contributed by atoms with E-state index in [-0.39, 0.29) is 6.17 Å². The fraction of sp³-hybridized carbons (Fsp3) is 0.375. The maximum Gasteiger partial charge on any atom is 0.120 e. The lowest BCUT2D eigenvalue weighted by molar-refractivity contribution is 0.367. The predicted molar refractivity (Wildman–Crippen MR) is 85.1 cm³/mol. The summed E-state index contributed by atoms with van der Waals surface area (Å²) < 4.78 is 0. The minimum atomic E-state index is 0.231. The molecule has 1 aromatic carbocycles. The molecule has 1 aliphatic rings. The summed E-state index contributed by atoms with van der Waals surface area (Å²) in [7, 11) is 2.08. The average molecular weight is 259 g/mol. The van der Waals surface area contributed by atoms with Gasteiger partial charge >= 0.3 is 0 Å². The number of nitrogens with zero attached hydrogens (tertiary/aromatic N) is 2. The summed E-state index contributed by atoms with van der Waals surface area (Å²) in [5, 5.41) is 0. The van der Waals surface area contributed by atoms with Crippen LogP contribution in [0.3, 0.4) is 0 Å². The zero-order valence-corrected chi connectivity index (χ0v) is 12.4. The molecule has 0 spiro atoms. The highest BCUT2D eigenvalue weighted by molar-refractivity contribution is 5.68. The molecule has 2 N–H and O–H groups in total. The summed E-state index contributed by atoms with van der Waals surface area (Å²) in [4.78, 5) is 4.46. The second kappa shape index (κ2) is 7.52. The highest BCUT2D eigenvalue weighted by atomic mass is 15.3. The number of likely N-dealkylation sites (N-methyl/N-ethyl adjacent to an activating group) is 2. The van der Waals surface area contributed by atoms with E-state index in [9.17, 15) is 0 Å². The van der Waals surface area contributed by atoms with Gasteiger partial charge in [-0.2, -0.15) is 0 Å². The van der Waals surface area contributed by atoms with Crippen LogP contribution in [0.15, 0.2) is 48.7 Å². The van der Waals surface area contributed by atoms with E-state index in [4.69, 9.17) is 5.73 Å². The maximum atomic E-state index is 6.05. The monoisotopic (exact) mass is 259 g/mol. The maximum absolute atomic E-state index is 6.05. The van der Waals surface area contributed by atoms with Gasteiger partial charge in [-0.1, -0.05) is 32.1 Å². The van der Waals surface area contributed by atoms with Crippen molar-refractivity contribution in [3.8, 4) is 0 Å². The molecule has 1 unspecified atom stereocenters. The highest BCUT2D eigenvalue weighted by Crippen LogP contribution is 2.26. The minimum Gasteiger partial charge on any atom is -0.397 e. The van der Waals surface area contributed by atoms with Gasteiger partial charge in [-0.15, -0.1) is 0 Å². The lowest BCUT2D eigenvalue weighted by Gasteiger charge is -2.38. The first-order valence-corrected chi connectivity index (χ1v) is 6.92. The Morgan fingerprint density at radius 2 is 1.89 bits per heavy atom. The van der Waals surface area contributed by atoms with E-state index in [0.29, 0.717) is 0 Å². The lowest BCUT2D eigenvalue weighted by Crippen LogP contribution is -2.44. The molecule has 3 heteroatoms. The van der Waals surface area contributed by atoms with E-state index in [1.54, 1.807) is 0 Å². The number of nitrogen functional groups attached to an aromatic ring is 1. The zero-order valence-electron chi connectivity index (χ0n) is 12.4. The van der Waals surface area contributed by atoms with Crippen molar-refractivity contribution in [2.45, 2.75) is 26.9 Å². The number of benzene rings is 1. The summed E-state index contributed by atoms with van der Waals surface area (Å²) in [6.07, 6.45) is 8.60. The third-order valence-corrected chi connectivity index (χ3v) is 3.04. The summed E-state index contributed by atoms with van der Waals surface area (Å²) >= 11 is 0. The van der Waals surface area contributed by atoms with E-state index in [1.807, 2.05) is 38.1 Å². The first-order valence-electron chi connectivity index (χ1n) is 6.92. The number of hydrogen-bond acceptors (Lipinski definition) is 3. The Kier molecular flexibility index (Phi) is 6.00. The quantitative estimate of drug-likeness (QED) is 0.844. The van der Waals surface area contributed by atoms with Crippen molar-refractivity contribution in [3.63, 3.8) is 0 Å². The van der Waals surface area contributed by atoms with Gasteiger partial charge in [0.05, 0.1) is 11.4 Å². The van der Waals surface area contributed by atoms with E-state index < -0.39 is 0 Å². The van der Waals surface area contributed by atoms with Crippen LogP contribution in [0.4, 0.5) is 11.4 Å². The van der Waals surface area contributed by atoms with Gasteiger partial charge in [0.1, 0.15) is 6.17 Å². The molecule has 0 saturated heterocycles. The van der Waals surface area contributed by atoms with Crippen LogP contribution in [0.25, 0.3) is 0 Å². The zero-order chi connectivity index (χ0) is 14.3. The van der Waals surface area contributed by atoms with Gasteiger partial charge in [0.2, 0.25) is 0 Å². The Morgan fingerprint density at radius 1 is 1.21 bits per heavy atom. The first kappa shape index (κ1) is 15.2. The second-order valence-corrected chi connectivity index (χ2v) is 4.15. The molecule has 0 aromatic heterocycles. The molecule has 1 atom stereocenters. The Hall–Kier alpha value is -1.90. The van der Waals surface area contributed by atoms with E-state index in [1.165, 1.54) is 0 Å². The molecule has 1 heterocycles. The smallest absolute Gasteiger partial charge is 0.120 e. The molecule has 0 aliphatic carbocycles. The Balaban J connectivity index is 0.000000861. The largest absolute Gasteiger partial charge is 0.397 e. The minimum absolute atomic E-state index is 0.231. The standard InChI is InChI=1S/C14H19N3.C2H6/c1-3-17(13-9-5-4-8-12(13)15)14-10-6-7-11-16(14)2;1-2/h4-11,14H,3,15H2,1-2H3;1-2H3. The number of rotatable bonds is 3. The molecule has 0 saturated carbocycles. The summed E-state index contributed by atoms with van der Waals surface area (Å²) in [6.45, 7) is 7.06. The normalized spacial score (nSPS) is 16.8. The second-order valence-electron chi connectivity index (χ2n) is 4.15. The Bertz CT molecular complexity index is 437. The van der Waals surface area contributed by atoms with E-state index >= 15 is 0 Å². The molecule has 0 bridgehead atoms. The van der Waals surface area contributed by atoms with Crippen LogP contribution in [-0.2, 0) is 0 Å². The van der Waals surface area contributed by atoms with Crippen LogP contribution in [0.2, 0.25) is 0 Å². The molecule has 0 radical (unpaired) electrons. The molecule has 0 amide bonds. The molecular weight excluding hydrogens is 234 g/mol. The van der Waals surface area contributed by atoms with Crippen molar-refractivity contribution in [2.24, 2.45) is 0 Å². The van der Waals surface area contributed by atoms with Crippen LogP contribution in [-0.4, -0.2) is 24.7 Å².